The molecule has 4 aromatic rings. The summed E-state index contributed by atoms with van der Waals surface area (Å²) in [5.41, 5.74) is 0. The zero-order chi connectivity index (χ0) is 23.0. The number of nitriles is 1. The Morgan fingerprint density at radius 1 is 1.00 bits per heavy atom. The predicted molar refractivity (Wildman–Crippen MR) is 139 cm³/mol. The first-order valence-corrected chi connectivity index (χ1v) is 13.3. The summed E-state index contributed by atoms with van der Waals surface area (Å²) in [5.74, 6) is 0. The Balaban J connectivity index is 0.000000196. The third kappa shape index (κ3) is 7.14. The zero-order valence-corrected chi connectivity index (χ0v) is 22.9. The predicted octanol–water partition coefficient (Wildman–Crippen LogP) is 8.78. The number of thiophene rings is 2. The molecule has 0 atom stereocenters. The van der Waals surface area contributed by atoms with Gasteiger partial charge in [-0.15, -0.1) is 45.3 Å². The summed E-state index contributed by atoms with van der Waals surface area (Å²) >= 11 is 12.9. The number of hydrogen-bond acceptors (Lipinski definition) is 8. The molecular formula is C20H14Br2N4OS4. The molecule has 0 aliphatic rings. The number of thiazole rings is 2. The Morgan fingerprint density at radius 3 is 1.84 bits per heavy atom. The van der Waals surface area contributed by atoms with Crippen LogP contribution in [0, 0.1) is 31.8 Å². The molecule has 4 rings (SSSR count). The summed E-state index contributed by atoms with van der Waals surface area (Å²) in [6.45, 7) is 12.4. The fourth-order valence-electron chi connectivity index (χ4n) is 2.05. The molecule has 0 aromatic carbocycles. The van der Waals surface area contributed by atoms with Crippen LogP contribution >= 0.6 is 77.2 Å². The van der Waals surface area contributed by atoms with Crippen LogP contribution in [0.1, 0.15) is 26.3 Å². The number of rotatable bonds is 3. The largest absolute Gasteiger partial charge is 0.297 e. The third-order valence-electron chi connectivity index (χ3n) is 3.25. The zero-order valence-electron chi connectivity index (χ0n) is 16.5. The summed E-state index contributed by atoms with van der Waals surface area (Å²) in [7, 11) is 0. The maximum absolute atomic E-state index is 10.6. The number of halogens is 2. The van der Waals surface area contributed by atoms with Gasteiger partial charge in [-0.2, -0.15) is 5.26 Å². The molecule has 0 saturated heterocycles. The van der Waals surface area contributed by atoms with Gasteiger partial charge in [0.05, 0.1) is 27.3 Å². The summed E-state index contributed by atoms with van der Waals surface area (Å²) in [6.07, 6.45) is 4.55. The van der Waals surface area contributed by atoms with Gasteiger partial charge < -0.3 is 0 Å². The van der Waals surface area contributed by atoms with E-state index in [4.69, 9.17) is 11.8 Å². The third-order valence-corrected chi connectivity index (χ3v) is 9.29. The Kier molecular flexibility index (Phi) is 10.2. The maximum Gasteiger partial charge on any atom is 0.255 e. The van der Waals surface area contributed by atoms with E-state index in [1.54, 1.807) is 28.7 Å². The van der Waals surface area contributed by atoms with Crippen molar-refractivity contribution in [3.63, 3.8) is 0 Å². The standard InChI is InChI=1S/C9H5BrN2S2.C9H6BrNOS2.C2H3N/c1-5-4-12-9(13-5)7-3-6(10)8(11-2)14-7;1-5-3-11-9(13-5)7-2-6(10)8(4-12)14-7;1-2-3/h3-4H,1H3;2-4H,1H3;1H3. The van der Waals surface area contributed by atoms with E-state index < -0.39 is 0 Å². The molecule has 0 fully saturated rings. The molecule has 0 bridgehead atoms. The first-order valence-electron chi connectivity index (χ1n) is 8.40. The van der Waals surface area contributed by atoms with Crippen LogP contribution < -0.4 is 0 Å². The molecule has 11 heteroatoms. The van der Waals surface area contributed by atoms with Crippen molar-refractivity contribution in [2.75, 3.05) is 0 Å². The van der Waals surface area contributed by atoms with E-state index in [-0.39, 0.29) is 0 Å². The van der Waals surface area contributed by atoms with Crippen LogP contribution in [0.15, 0.2) is 33.5 Å². The second-order valence-electron chi connectivity index (χ2n) is 5.59. The van der Waals surface area contributed by atoms with Gasteiger partial charge >= 0.3 is 0 Å². The van der Waals surface area contributed by atoms with Crippen LogP contribution in [0.3, 0.4) is 0 Å². The average molecular weight is 614 g/mol. The topological polar surface area (TPSA) is 71.0 Å². The monoisotopic (exact) mass is 612 g/mol. The summed E-state index contributed by atoms with van der Waals surface area (Å²) < 4.78 is 1.71. The quantitative estimate of drug-likeness (QED) is 0.171. The molecule has 0 aliphatic heterocycles. The minimum Gasteiger partial charge on any atom is -0.297 e. The van der Waals surface area contributed by atoms with Crippen LogP contribution in [0.4, 0.5) is 5.00 Å². The van der Waals surface area contributed by atoms with Crippen molar-refractivity contribution in [3.8, 4) is 25.8 Å². The van der Waals surface area contributed by atoms with Crippen LogP contribution in [0.2, 0.25) is 0 Å². The Labute approximate surface area is 213 Å². The van der Waals surface area contributed by atoms with Crippen LogP contribution in [0.5, 0.6) is 0 Å². The van der Waals surface area contributed by atoms with E-state index in [9.17, 15) is 4.79 Å². The number of nitrogens with zero attached hydrogens (tertiary/aromatic N) is 4. The molecular weight excluding hydrogens is 600 g/mol. The van der Waals surface area contributed by atoms with Crippen molar-refractivity contribution in [1.29, 1.82) is 5.26 Å². The van der Waals surface area contributed by atoms with Crippen LogP contribution in [-0.2, 0) is 0 Å². The van der Waals surface area contributed by atoms with Gasteiger partial charge in [-0.1, -0.05) is 15.9 Å². The molecule has 0 spiro atoms. The Morgan fingerprint density at radius 2 is 1.48 bits per heavy atom. The highest BCUT2D eigenvalue weighted by Crippen LogP contribution is 2.41. The number of aldehydes is 1. The molecule has 4 aromatic heterocycles. The lowest BCUT2D eigenvalue weighted by molar-refractivity contribution is 0.112. The lowest BCUT2D eigenvalue weighted by Gasteiger charge is -1.85. The molecule has 0 N–H and O–H groups in total. The van der Waals surface area contributed by atoms with Crippen molar-refractivity contribution >= 4 is 88.5 Å². The molecule has 158 valence electrons. The van der Waals surface area contributed by atoms with Gasteiger partial charge in [0.2, 0.25) is 0 Å². The highest BCUT2D eigenvalue weighted by molar-refractivity contribution is 9.11. The molecule has 31 heavy (non-hydrogen) atoms. The van der Waals surface area contributed by atoms with Gasteiger partial charge in [-0.3, -0.25) is 4.79 Å². The summed E-state index contributed by atoms with van der Waals surface area (Å²) in [4.78, 5) is 27.8. The van der Waals surface area contributed by atoms with Crippen LogP contribution in [-0.4, -0.2) is 16.3 Å². The van der Waals surface area contributed by atoms with E-state index >= 15 is 0 Å². The van der Waals surface area contributed by atoms with Gasteiger partial charge in [0.1, 0.15) is 10.0 Å². The molecule has 0 unspecified atom stereocenters. The van der Waals surface area contributed by atoms with Crippen molar-refractivity contribution in [2.45, 2.75) is 20.8 Å². The van der Waals surface area contributed by atoms with Crippen molar-refractivity contribution in [3.05, 3.63) is 59.5 Å². The number of hydrogen-bond donors (Lipinski definition) is 0. The van der Waals surface area contributed by atoms with Gasteiger partial charge in [-0.25, -0.2) is 14.8 Å². The lowest BCUT2D eigenvalue weighted by atomic mass is 10.4. The highest BCUT2D eigenvalue weighted by Gasteiger charge is 2.11. The van der Waals surface area contributed by atoms with E-state index in [1.165, 1.54) is 39.4 Å². The van der Waals surface area contributed by atoms with Gasteiger partial charge in [-0.05, 0) is 41.9 Å². The second-order valence-corrected chi connectivity index (χ2v) is 11.9. The highest BCUT2D eigenvalue weighted by atomic mass is 79.9. The fourth-order valence-corrected chi connectivity index (χ4v) is 6.81. The van der Waals surface area contributed by atoms with Gasteiger partial charge in [0, 0.05) is 38.0 Å². The normalized spacial score (nSPS) is 9.52. The average Bonchev–Trinajstić information content (AvgIpc) is 3.50. The second kappa shape index (κ2) is 12.3. The molecule has 0 aliphatic carbocycles. The summed E-state index contributed by atoms with van der Waals surface area (Å²) in [6, 6.07) is 5.64. The Bertz CT molecular complexity index is 1260. The summed E-state index contributed by atoms with van der Waals surface area (Å²) in [5, 5.41) is 9.97. The number of aromatic nitrogens is 2. The van der Waals surface area contributed by atoms with E-state index in [1.807, 2.05) is 38.4 Å². The van der Waals surface area contributed by atoms with E-state index in [0.717, 1.165) is 35.0 Å². The van der Waals surface area contributed by atoms with Crippen molar-refractivity contribution < 1.29 is 4.79 Å². The van der Waals surface area contributed by atoms with Gasteiger partial charge in [0.15, 0.2) is 6.29 Å². The molecule has 5 nitrogen and oxygen atoms in total. The lowest BCUT2D eigenvalue weighted by Crippen LogP contribution is -1.67. The minimum absolute atomic E-state index is 0.688. The number of carbonyl (C=O) groups is 1. The first kappa shape index (κ1) is 25.5. The Hall–Kier alpha value is -1.73. The molecule has 0 amide bonds. The molecule has 4 heterocycles. The number of carbonyl (C=O) groups excluding carboxylic acids is 1. The minimum atomic E-state index is 0.688. The van der Waals surface area contributed by atoms with Crippen molar-refractivity contribution in [2.24, 2.45) is 0 Å². The smallest absolute Gasteiger partial charge is 0.255 e. The maximum atomic E-state index is 10.6. The van der Waals surface area contributed by atoms with Crippen molar-refractivity contribution in [1.82, 2.24) is 9.97 Å². The molecule has 0 radical (unpaired) electrons. The SMILES string of the molecule is CC#N.Cc1cnc(-c2cc(Br)c(C=O)s2)s1.[C-]#[N+]c1sc(-c2ncc(C)s2)cc1Br. The number of aryl methyl sites for hydroxylation is 2. The molecule has 0 saturated carbocycles. The van der Waals surface area contributed by atoms with Gasteiger partial charge in [0.25, 0.3) is 5.00 Å². The van der Waals surface area contributed by atoms with E-state index in [0.29, 0.717) is 9.88 Å². The fraction of sp³-hybridized carbons (Fsp3) is 0.150. The van der Waals surface area contributed by atoms with Crippen LogP contribution in [0.25, 0.3) is 24.6 Å². The first-order chi connectivity index (χ1) is 14.8. The van der Waals surface area contributed by atoms with E-state index in [2.05, 4.69) is 46.7 Å².